The van der Waals surface area contributed by atoms with Gasteiger partial charge in [0.05, 0.1) is 5.52 Å². The van der Waals surface area contributed by atoms with E-state index < -0.39 is 10.0 Å². The van der Waals surface area contributed by atoms with Crippen molar-refractivity contribution in [1.29, 1.82) is 0 Å². The molecule has 0 atom stereocenters. The smallest absolute Gasteiger partial charge is 0.245 e. The third-order valence-corrected chi connectivity index (χ3v) is 7.52. The van der Waals surface area contributed by atoms with E-state index in [0.29, 0.717) is 49.1 Å². The Hall–Kier alpha value is -3.63. The number of fused-ring (bicyclic) bond motifs is 1. The number of benzene rings is 1. The summed E-state index contributed by atoms with van der Waals surface area (Å²) in [6.07, 6.45) is 3.40. The van der Waals surface area contributed by atoms with E-state index in [0.717, 1.165) is 10.9 Å². The van der Waals surface area contributed by atoms with Gasteiger partial charge in [-0.1, -0.05) is 24.3 Å². The maximum Gasteiger partial charge on any atom is 0.245 e. The van der Waals surface area contributed by atoms with E-state index in [4.69, 9.17) is 0 Å². The minimum atomic E-state index is -3.65. The van der Waals surface area contributed by atoms with Gasteiger partial charge in [-0.15, -0.1) is 10.2 Å². The van der Waals surface area contributed by atoms with E-state index >= 15 is 0 Å². The highest BCUT2D eigenvalue weighted by Gasteiger charge is 2.30. The number of nitrogens with zero attached hydrogens (tertiary/aromatic N) is 6. The summed E-state index contributed by atoms with van der Waals surface area (Å²) in [7, 11) is -3.65. The quantitative estimate of drug-likeness (QED) is 0.484. The first-order chi connectivity index (χ1) is 16.0. The van der Waals surface area contributed by atoms with Gasteiger partial charge in [-0.2, -0.15) is 4.31 Å². The standard InChI is InChI=1S/C23H23N7O2S/c1-17-7-8-20(25-16-17)26-21-9-10-22(28-27-21)29-12-14-30(15-13-29)33(31,32)19-6-2-4-18-5-3-11-24-23(18)19/h2-11,16H,12-15H2,1H3,(H,25,26,27). The van der Waals surface area contributed by atoms with Gasteiger partial charge in [-0.25, -0.2) is 13.4 Å². The molecule has 5 rings (SSSR count). The second-order valence-corrected chi connectivity index (χ2v) is 9.75. The summed E-state index contributed by atoms with van der Waals surface area (Å²) >= 11 is 0. The van der Waals surface area contributed by atoms with Crippen LogP contribution >= 0.6 is 0 Å². The Morgan fingerprint density at radius 2 is 1.64 bits per heavy atom. The number of aryl methyl sites for hydroxylation is 1. The Kier molecular flexibility index (Phi) is 5.61. The first-order valence-corrected chi connectivity index (χ1v) is 12.1. The summed E-state index contributed by atoms with van der Waals surface area (Å²) in [5.41, 5.74) is 1.58. The molecule has 0 bridgehead atoms. The summed E-state index contributed by atoms with van der Waals surface area (Å²) in [6.45, 7) is 3.76. The number of hydrogen-bond donors (Lipinski definition) is 1. The van der Waals surface area contributed by atoms with Gasteiger partial charge in [0.25, 0.3) is 0 Å². The highest BCUT2D eigenvalue weighted by atomic mass is 32.2. The van der Waals surface area contributed by atoms with Gasteiger partial charge in [-0.3, -0.25) is 4.98 Å². The van der Waals surface area contributed by atoms with E-state index in [1.807, 2.05) is 48.2 Å². The Labute approximate surface area is 192 Å². The predicted octanol–water partition coefficient (Wildman–Crippen LogP) is 2.98. The SMILES string of the molecule is Cc1ccc(Nc2ccc(N3CCN(S(=O)(=O)c4cccc5cccnc45)CC3)nn2)nc1. The molecule has 0 amide bonds. The number of anilines is 3. The van der Waals surface area contributed by atoms with Crippen LogP contribution in [-0.4, -0.2) is 59.1 Å². The number of piperazine rings is 1. The summed E-state index contributed by atoms with van der Waals surface area (Å²) in [6, 6.07) is 16.5. The maximum atomic E-state index is 13.3. The van der Waals surface area contributed by atoms with Gasteiger partial charge in [0, 0.05) is 44.0 Å². The molecule has 1 aliphatic rings. The molecule has 0 aliphatic carbocycles. The second kappa shape index (κ2) is 8.72. The number of rotatable bonds is 5. The van der Waals surface area contributed by atoms with Gasteiger partial charge in [0.15, 0.2) is 11.6 Å². The number of hydrogen-bond acceptors (Lipinski definition) is 8. The van der Waals surface area contributed by atoms with E-state index in [2.05, 4.69) is 25.5 Å². The number of pyridine rings is 2. The molecule has 4 heterocycles. The average Bonchev–Trinajstić information content (AvgIpc) is 2.85. The lowest BCUT2D eigenvalue weighted by Gasteiger charge is -2.34. The summed E-state index contributed by atoms with van der Waals surface area (Å²) in [5.74, 6) is 2.01. The van der Waals surface area contributed by atoms with Crippen LogP contribution in [0.3, 0.4) is 0 Å². The lowest BCUT2D eigenvalue weighted by Crippen LogP contribution is -2.49. The van der Waals surface area contributed by atoms with E-state index in [9.17, 15) is 8.42 Å². The average molecular weight is 462 g/mol. The largest absolute Gasteiger partial charge is 0.352 e. The molecule has 4 aromatic rings. The summed E-state index contributed by atoms with van der Waals surface area (Å²) < 4.78 is 28.1. The predicted molar refractivity (Wildman–Crippen MR) is 127 cm³/mol. The Morgan fingerprint density at radius 1 is 0.848 bits per heavy atom. The maximum absolute atomic E-state index is 13.3. The van der Waals surface area contributed by atoms with Gasteiger partial charge < -0.3 is 10.2 Å². The molecule has 0 saturated carbocycles. The Bertz CT molecular complexity index is 1360. The minimum absolute atomic E-state index is 0.244. The number of nitrogens with one attached hydrogen (secondary N) is 1. The van der Waals surface area contributed by atoms with Crippen LogP contribution in [0.15, 0.2) is 71.9 Å². The third kappa shape index (κ3) is 4.35. The molecular weight excluding hydrogens is 438 g/mol. The molecule has 1 saturated heterocycles. The van der Waals surface area contributed by atoms with Crippen molar-refractivity contribution in [1.82, 2.24) is 24.5 Å². The lowest BCUT2D eigenvalue weighted by atomic mass is 10.2. The van der Waals surface area contributed by atoms with Crippen LogP contribution < -0.4 is 10.2 Å². The van der Waals surface area contributed by atoms with Crippen molar-refractivity contribution in [3.05, 3.63) is 72.6 Å². The molecule has 0 unspecified atom stereocenters. The molecule has 1 aromatic carbocycles. The van der Waals surface area contributed by atoms with Crippen molar-refractivity contribution in [3.63, 3.8) is 0 Å². The van der Waals surface area contributed by atoms with Crippen LogP contribution in [0.5, 0.6) is 0 Å². The highest BCUT2D eigenvalue weighted by Crippen LogP contribution is 2.25. The van der Waals surface area contributed by atoms with Crippen LogP contribution in [0, 0.1) is 6.92 Å². The third-order valence-electron chi connectivity index (χ3n) is 5.59. The molecule has 1 fully saturated rings. The van der Waals surface area contributed by atoms with Crippen molar-refractivity contribution in [3.8, 4) is 0 Å². The zero-order chi connectivity index (χ0) is 22.8. The van der Waals surface area contributed by atoms with Crippen molar-refractivity contribution >= 4 is 38.4 Å². The zero-order valence-corrected chi connectivity index (χ0v) is 18.9. The van der Waals surface area contributed by atoms with Crippen molar-refractivity contribution in [2.75, 3.05) is 36.4 Å². The second-order valence-electron chi connectivity index (χ2n) is 7.84. The first-order valence-electron chi connectivity index (χ1n) is 10.6. The van der Waals surface area contributed by atoms with E-state index in [1.54, 1.807) is 30.6 Å². The monoisotopic (exact) mass is 461 g/mol. The fourth-order valence-corrected chi connectivity index (χ4v) is 5.40. The molecule has 168 valence electrons. The van der Waals surface area contributed by atoms with Crippen LogP contribution in [0.25, 0.3) is 10.9 Å². The molecule has 9 nitrogen and oxygen atoms in total. The van der Waals surface area contributed by atoms with Crippen LogP contribution in [0.4, 0.5) is 17.5 Å². The molecule has 1 N–H and O–H groups in total. The fourth-order valence-electron chi connectivity index (χ4n) is 3.81. The van der Waals surface area contributed by atoms with Crippen LogP contribution in [0.1, 0.15) is 5.56 Å². The lowest BCUT2D eigenvalue weighted by molar-refractivity contribution is 0.384. The molecule has 33 heavy (non-hydrogen) atoms. The minimum Gasteiger partial charge on any atom is -0.352 e. The van der Waals surface area contributed by atoms with Crippen molar-refractivity contribution in [2.45, 2.75) is 11.8 Å². The highest BCUT2D eigenvalue weighted by molar-refractivity contribution is 7.89. The van der Waals surface area contributed by atoms with E-state index in [1.165, 1.54) is 4.31 Å². The Balaban J connectivity index is 1.26. The number of para-hydroxylation sites is 1. The first kappa shape index (κ1) is 21.2. The molecule has 0 radical (unpaired) electrons. The number of aromatic nitrogens is 4. The van der Waals surface area contributed by atoms with Crippen LogP contribution in [-0.2, 0) is 10.0 Å². The zero-order valence-electron chi connectivity index (χ0n) is 18.1. The topological polar surface area (TPSA) is 104 Å². The molecular formula is C23H23N7O2S. The summed E-state index contributed by atoms with van der Waals surface area (Å²) in [5, 5.41) is 12.5. The molecule has 10 heteroatoms. The van der Waals surface area contributed by atoms with Gasteiger partial charge in [-0.05, 0) is 42.8 Å². The van der Waals surface area contributed by atoms with Crippen LogP contribution in [0.2, 0.25) is 0 Å². The van der Waals surface area contributed by atoms with Gasteiger partial charge in [0.1, 0.15) is 10.7 Å². The van der Waals surface area contributed by atoms with Crippen molar-refractivity contribution < 1.29 is 8.42 Å². The summed E-state index contributed by atoms with van der Waals surface area (Å²) in [4.78, 5) is 10.9. The normalized spacial score (nSPS) is 15.0. The molecule has 1 aliphatic heterocycles. The number of sulfonamides is 1. The van der Waals surface area contributed by atoms with Crippen molar-refractivity contribution in [2.24, 2.45) is 0 Å². The Morgan fingerprint density at radius 3 is 2.36 bits per heavy atom. The molecule has 0 spiro atoms. The van der Waals surface area contributed by atoms with Gasteiger partial charge >= 0.3 is 0 Å². The molecule has 3 aromatic heterocycles. The van der Waals surface area contributed by atoms with Gasteiger partial charge in [0.2, 0.25) is 10.0 Å². The van der Waals surface area contributed by atoms with E-state index in [-0.39, 0.29) is 4.90 Å². The fraction of sp³-hybridized carbons (Fsp3) is 0.217.